The quantitative estimate of drug-likeness (QED) is 0.444. The number of carbonyl (C=O) groups is 2. The van der Waals surface area contributed by atoms with Crippen LogP contribution in [0, 0.1) is 13.8 Å². The Morgan fingerprint density at radius 1 is 1.00 bits per heavy atom. The molecule has 202 valence electrons. The van der Waals surface area contributed by atoms with Gasteiger partial charge in [0.15, 0.2) is 0 Å². The van der Waals surface area contributed by atoms with Crippen molar-refractivity contribution < 1.29 is 18.0 Å². The summed E-state index contributed by atoms with van der Waals surface area (Å²) in [5, 5.41) is 3.12. The molecule has 37 heavy (non-hydrogen) atoms. The molecule has 1 aliphatic carbocycles. The molecular weight excluding hydrogens is 486 g/mol. The second-order valence-corrected chi connectivity index (χ2v) is 12.2. The summed E-state index contributed by atoms with van der Waals surface area (Å²) in [6, 6.07) is 15.2. The van der Waals surface area contributed by atoms with Gasteiger partial charge in [-0.2, -0.15) is 0 Å². The first-order valence-corrected chi connectivity index (χ1v) is 15.1. The molecule has 2 aromatic carbocycles. The largest absolute Gasteiger partial charge is 0.352 e. The average Bonchev–Trinajstić information content (AvgIpc) is 3.34. The normalized spacial score (nSPS) is 14.8. The lowest BCUT2D eigenvalue weighted by Gasteiger charge is -2.30. The highest BCUT2D eigenvalue weighted by Gasteiger charge is 2.28. The summed E-state index contributed by atoms with van der Waals surface area (Å²) in [6.07, 6.45) is 6.55. The summed E-state index contributed by atoms with van der Waals surface area (Å²) in [7, 11) is -3.51. The van der Waals surface area contributed by atoms with E-state index in [-0.39, 0.29) is 30.8 Å². The molecule has 0 bridgehead atoms. The molecule has 1 aliphatic rings. The van der Waals surface area contributed by atoms with Crippen LogP contribution < -0.4 is 9.62 Å². The zero-order valence-electron chi connectivity index (χ0n) is 22.6. The van der Waals surface area contributed by atoms with E-state index in [1.54, 1.807) is 11.8 Å². The minimum atomic E-state index is -3.51. The van der Waals surface area contributed by atoms with Crippen LogP contribution in [-0.2, 0) is 26.0 Å². The molecule has 1 fully saturated rings. The molecule has 0 aliphatic heterocycles. The van der Waals surface area contributed by atoms with Crippen LogP contribution in [0.25, 0.3) is 0 Å². The van der Waals surface area contributed by atoms with Gasteiger partial charge in [0.1, 0.15) is 6.04 Å². The maximum absolute atomic E-state index is 13.4. The van der Waals surface area contributed by atoms with Gasteiger partial charge in [-0.05, 0) is 75.3 Å². The predicted octanol–water partition coefficient (Wildman–Crippen LogP) is 4.37. The lowest BCUT2D eigenvalue weighted by atomic mass is 10.1. The molecule has 0 radical (unpaired) electrons. The highest BCUT2D eigenvalue weighted by Crippen LogP contribution is 2.22. The van der Waals surface area contributed by atoms with Gasteiger partial charge in [-0.25, -0.2) is 8.42 Å². The Kier molecular flexibility index (Phi) is 10.1. The molecule has 8 heteroatoms. The fourth-order valence-corrected chi connectivity index (χ4v) is 6.01. The van der Waals surface area contributed by atoms with E-state index < -0.39 is 16.1 Å². The molecule has 0 unspecified atom stereocenters. The number of hydrogen-bond acceptors (Lipinski definition) is 4. The minimum Gasteiger partial charge on any atom is -0.352 e. The van der Waals surface area contributed by atoms with Crippen molar-refractivity contribution in [3.63, 3.8) is 0 Å². The Hall–Kier alpha value is -2.87. The maximum Gasteiger partial charge on any atom is 0.242 e. The van der Waals surface area contributed by atoms with Crippen molar-refractivity contribution in [2.24, 2.45) is 0 Å². The molecule has 1 N–H and O–H groups in total. The van der Waals surface area contributed by atoms with Gasteiger partial charge in [0.05, 0.1) is 11.9 Å². The second kappa shape index (κ2) is 13.1. The Balaban J connectivity index is 1.69. The Morgan fingerprint density at radius 2 is 1.62 bits per heavy atom. The lowest BCUT2D eigenvalue weighted by Crippen LogP contribution is -2.50. The molecule has 2 amide bonds. The first-order valence-electron chi connectivity index (χ1n) is 13.2. The van der Waals surface area contributed by atoms with Crippen LogP contribution in [0.4, 0.5) is 5.69 Å². The summed E-state index contributed by atoms with van der Waals surface area (Å²) >= 11 is 0. The van der Waals surface area contributed by atoms with Crippen LogP contribution in [-0.4, -0.2) is 56.6 Å². The van der Waals surface area contributed by atoms with Crippen LogP contribution in [0.2, 0.25) is 0 Å². The number of nitrogens with one attached hydrogen (secondary N) is 1. The van der Waals surface area contributed by atoms with E-state index in [9.17, 15) is 18.0 Å². The van der Waals surface area contributed by atoms with Gasteiger partial charge in [0.2, 0.25) is 21.8 Å². The third kappa shape index (κ3) is 8.59. The zero-order chi connectivity index (χ0) is 27.0. The number of anilines is 1. The predicted molar refractivity (Wildman–Crippen MR) is 149 cm³/mol. The number of rotatable bonds is 12. The van der Waals surface area contributed by atoms with Crippen molar-refractivity contribution in [3.05, 3.63) is 65.2 Å². The number of aryl methyl sites for hydroxylation is 2. The van der Waals surface area contributed by atoms with E-state index >= 15 is 0 Å². The molecule has 7 nitrogen and oxygen atoms in total. The summed E-state index contributed by atoms with van der Waals surface area (Å²) in [5.74, 6) is -0.264. The second-order valence-electron chi connectivity index (χ2n) is 10.3. The lowest BCUT2D eigenvalue weighted by molar-refractivity contribution is -0.140. The van der Waals surface area contributed by atoms with Crippen molar-refractivity contribution in [2.75, 3.05) is 23.7 Å². The van der Waals surface area contributed by atoms with E-state index in [0.29, 0.717) is 25.1 Å². The number of benzene rings is 2. The Labute approximate surface area is 222 Å². The highest BCUT2D eigenvalue weighted by molar-refractivity contribution is 7.92. The molecule has 1 saturated carbocycles. The summed E-state index contributed by atoms with van der Waals surface area (Å²) < 4.78 is 26.5. The van der Waals surface area contributed by atoms with E-state index in [4.69, 9.17) is 0 Å². The van der Waals surface area contributed by atoms with Crippen LogP contribution in [0.1, 0.15) is 62.1 Å². The number of hydrogen-bond donors (Lipinski definition) is 1. The Morgan fingerprint density at radius 3 is 2.22 bits per heavy atom. The van der Waals surface area contributed by atoms with Gasteiger partial charge < -0.3 is 10.2 Å². The van der Waals surface area contributed by atoms with Crippen LogP contribution in [0.5, 0.6) is 0 Å². The number of carbonyl (C=O) groups excluding carboxylic acids is 2. The smallest absolute Gasteiger partial charge is 0.242 e. The van der Waals surface area contributed by atoms with Crippen molar-refractivity contribution in [3.8, 4) is 0 Å². The molecule has 3 rings (SSSR count). The molecular formula is C29H41N3O4S. The third-order valence-electron chi connectivity index (χ3n) is 7.00. The summed E-state index contributed by atoms with van der Waals surface area (Å²) in [6.45, 7) is 6.27. The third-order valence-corrected chi connectivity index (χ3v) is 8.19. The molecule has 0 heterocycles. The van der Waals surface area contributed by atoms with Crippen LogP contribution in [0.15, 0.2) is 48.5 Å². The van der Waals surface area contributed by atoms with Crippen molar-refractivity contribution in [2.45, 2.75) is 77.8 Å². The number of nitrogens with zero attached hydrogens (tertiary/aromatic N) is 2. The SMILES string of the molecule is Cc1cc(C)cc(N(CCCC(=O)N(CCc2ccccc2)[C@@H](C)C(=O)NC2CCCC2)S(C)(=O)=O)c1. The molecule has 0 aromatic heterocycles. The maximum atomic E-state index is 13.4. The van der Waals surface area contributed by atoms with Crippen LogP contribution >= 0.6 is 0 Å². The highest BCUT2D eigenvalue weighted by atomic mass is 32.2. The van der Waals surface area contributed by atoms with Crippen molar-refractivity contribution >= 4 is 27.5 Å². The van der Waals surface area contributed by atoms with E-state index in [1.807, 2.05) is 62.4 Å². The number of sulfonamides is 1. The summed E-state index contributed by atoms with van der Waals surface area (Å²) in [4.78, 5) is 28.1. The van der Waals surface area contributed by atoms with E-state index in [0.717, 1.165) is 42.4 Å². The number of amides is 2. The van der Waals surface area contributed by atoms with E-state index in [2.05, 4.69) is 5.32 Å². The Bertz CT molecular complexity index is 1140. The van der Waals surface area contributed by atoms with Gasteiger partial charge in [0, 0.05) is 25.6 Å². The summed E-state index contributed by atoms with van der Waals surface area (Å²) in [5.41, 5.74) is 3.67. The first kappa shape index (κ1) is 28.7. The van der Waals surface area contributed by atoms with Gasteiger partial charge in [0.25, 0.3) is 0 Å². The van der Waals surface area contributed by atoms with Crippen molar-refractivity contribution in [1.82, 2.24) is 10.2 Å². The fraction of sp³-hybridized carbons (Fsp3) is 0.517. The topological polar surface area (TPSA) is 86.8 Å². The fourth-order valence-electron chi connectivity index (χ4n) is 5.06. The molecule has 2 aromatic rings. The van der Waals surface area contributed by atoms with Crippen molar-refractivity contribution in [1.29, 1.82) is 0 Å². The molecule has 0 spiro atoms. The standard InChI is InChI=1S/C29H41N3O4S/c1-22-19-23(2)21-27(20-22)32(37(4,35)36)17-10-15-28(33)31(18-16-25-11-6-5-7-12-25)24(3)29(34)30-26-13-8-9-14-26/h5-7,11-12,19-21,24,26H,8-10,13-18H2,1-4H3,(H,30,34)/t24-/m0/s1. The minimum absolute atomic E-state index is 0.124. The zero-order valence-corrected chi connectivity index (χ0v) is 23.4. The van der Waals surface area contributed by atoms with Gasteiger partial charge in [-0.3, -0.25) is 13.9 Å². The average molecular weight is 528 g/mol. The first-order chi connectivity index (χ1) is 17.5. The van der Waals surface area contributed by atoms with Crippen LogP contribution in [0.3, 0.4) is 0 Å². The molecule has 0 saturated heterocycles. The van der Waals surface area contributed by atoms with Gasteiger partial charge in [-0.1, -0.05) is 49.2 Å². The van der Waals surface area contributed by atoms with Gasteiger partial charge in [-0.15, -0.1) is 0 Å². The van der Waals surface area contributed by atoms with Gasteiger partial charge >= 0.3 is 0 Å². The molecule has 1 atom stereocenters. The monoisotopic (exact) mass is 527 g/mol. The van der Waals surface area contributed by atoms with E-state index in [1.165, 1.54) is 10.6 Å².